The molecule has 3 rings (SSSR count). The van der Waals surface area contributed by atoms with Crippen molar-refractivity contribution in [2.45, 2.75) is 52.5 Å². The lowest BCUT2D eigenvalue weighted by Crippen LogP contribution is -2.38. The summed E-state index contributed by atoms with van der Waals surface area (Å²) in [6.45, 7) is 7.31. The summed E-state index contributed by atoms with van der Waals surface area (Å²) < 4.78 is 2.18. The van der Waals surface area contributed by atoms with Crippen molar-refractivity contribution >= 4 is 5.91 Å². The number of carbonyl (C=O) groups is 1. The van der Waals surface area contributed by atoms with Crippen LogP contribution in [0.5, 0.6) is 0 Å². The number of imidazole rings is 1. The summed E-state index contributed by atoms with van der Waals surface area (Å²) in [4.78, 5) is 19.1. The molecule has 0 radical (unpaired) electrons. The van der Waals surface area contributed by atoms with Crippen molar-refractivity contribution in [1.29, 1.82) is 0 Å². The fourth-order valence-corrected chi connectivity index (χ4v) is 3.42. The second-order valence-electron chi connectivity index (χ2n) is 6.48. The maximum atomic E-state index is 12.5. The average molecular weight is 275 g/mol. The Morgan fingerprint density at radius 3 is 2.80 bits per heavy atom. The molecule has 2 aliphatic rings. The molecular weight excluding hydrogens is 250 g/mol. The van der Waals surface area contributed by atoms with Gasteiger partial charge < -0.3 is 9.47 Å². The van der Waals surface area contributed by atoms with Gasteiger partial charge in [0.1, 0.15) is 11.5 Å². The number of aromatic nitrogens is 2. The van der Waals surface area contributed by atoms with Crippen LogP contribution in [-0.4, -0.2) is 33.4 Å². The third-order valence-electron chi connectivity index (χ3n) is 4.93. The number of nitrogens with zero attached hydrogens (tertiary/aromatic N) is 3. The predicted molar refractivity (Wildman–Crippen MR) is 78.6 cm³/mol. The minimum atomic E-state index is 0.133. The van der Waals surface area contributed by atoms with E-state index >= 15 is 0 Å². The zero-order valence-corrected chi connectivity index (χ0v) is 12.6. The number of aryl methyl sites for hydroxylation is 1. The van der Waals surface area contributed by atoms with Gasteiger partial charge in [0, 0.05) is 32.3 Å². The summed E-state index contributed by atoms with van der Waals surface area (Å²) >= 11 is 0. The number of piperidine rings is 1. The molecule has 1 aromatic rings. The van der Waals surface area contributed by atoms with Crippen LogP contribution in [-0.2, 0) is 13.0 Å². The Kier molecular flexibility index (Phi) is 3.81. The van der Waals surface area contributed by atoms with Crippen LogP contribution in [0.15, 0.2) is 6.20 Å². The first-order valence-corrected chi connectivity index (χ1v) is 8.02. The lowest BCUT2D eigenvalue weighted by Gasteiger charge is -2.31. The molecule has 1 fully saturated rings. The fourth-order valence-electron chi connectivity index (χ4n) is 3.42. The van der Waals surface area contributed by atoms with Crippen LogP contribution >= 0.6 is 0 Å². The predicted octanol–water partition coefficient (Wildman–Crippen LogP) is 2.73. The summed E-state index contributed by atoms with van der Waals surface area (Å²) in [5.41, 5.74) is 0.657. The van der Waals surface area contributed by atoms with Gasteiger partial charge in [0.05, 0.1) is 0 Å². The number of hydrogen-bond acceptors (Lipinski definition) is 2. The van der Waals surface area contributed by atoms with Crippen molar-refractivity contribution in [2.75, 3.05) is 13.1 Å². The highest BCUT2D eigenvalue weighted by molar-refractivity contribution is 5.92. The monoisotopic (exact) mass is 275 g/mol. The fraction of sp³-hybridized carbons (Fsp3) is 0.750. The van der Waals surface area contributed by atoms with Gasteiger partial charge in [0.15, 0.2) is 0 Å². The van der Waals surface area contributed by atoms with E-state index in [0.717, 1.165) is 50.6 Å². The second-order valence-corrected chi connectivity index (χ2v) is 6.48. The number of rotatable bonds is 2. The van der Waals surface area contributed by atoms with Gasteiger partial charge in [0.2, 0.25) is 0 Å². The van der Waals surface area contributed by atoms with E-state index < -0.39 is 0 Å². The molecule has 3 heterocycles. The van der Waals surface area contributed by atoms with Crippen LogP contribution in [0.25, 0.3) is 0 Å². The number of amides is 1. The third-order valence-corrected chi connectivity index (χ3v) is 4.93. The molecule has 1 saturated heterocycles. The van der Waals surface area contributed by atoms with E-state index in [0.29, 0.717) is 11.6 Å². The first-order chi connectivity index (χ1) is 9.67. The van der Waals surface area contributed by atoms with Crippen LogP contribution < -0.4 is 0 Å². The quantitative estimate of drug-likeness (QED) is 0.832. The van der Waals surface area contributed by atoms with Crippen LogP contribution in [0.3, 0.4) is 0 Å². The topological polar surface area (TPSA) is 38.1 Å². The van der Waals surface area contributed by atoms with Gasteiger partial charge in [-0.2, -0.15) is 0 Å². The zero-order chi connectivity index (χ0) is 14.1. The standard InChI is InChI=1S/C16H25N3O/c1-3-13-6-8-18(9-7-13)16(20)14-11-19-10-12(2)4-5-15(19)17-14/h11-13H,3-10H2,1-2H3. The molecule has 1 atom stereocenters. The number of fused-ring (bicyclic) bond motifs is 1. The lowest BCUT2D eigenvalue weighted by atomic mass is 9.94. The highest BCUT2D eigenvalue weighted by atomic mass is 16.2. The van der Waals surface area contributed by atoms with E-state index in [4.69, 9.17) is 0 Å². The number of hydrogen-bond donors (Lipinski definition) is 0. The van der Waals surface area contributed by atoms with Crippen molar-refractivity contribution in [3.8, 4) is 0 Å². The molecule has 0 aliphatic carbocycles. The molecule has 1 amide bonds. The Labute approximate surface area is 121 Å². The number of carbonyl (C=O) groups excluding carboxylic acids is 1. The van der Waals surface area contributed by atoms with Crippen LogP contribution in [0.4, 0.5) is 0 Å². The molecule has 20 heavy (non-hydrogen) atoms. The Morgan fingerprint density at radius 2 is 2.10 bits per heavy atom. The average Bonchev–Trinajstić information content (AvgIpc) is 2.89. The van der Waals surface area contributed by atoms with Crippen molar-refractivity contribution in [1.82, 2.24) is 14.5 Å². The first kappa shape index (κ1) is 13.7. The largest absolute Gasteiger partial charge is 0.337 e. The lowest BCUT2D eigenvalue weighted by molar-refractivity contribution is 0.0683. The Bertz CT molecular complexity index is 486. The molecule has 2 aliphatic heterocycles. The van der Waals surface area contributed by atoms with E-state index in [-0.39, 0.29) is 5.91 Å². The van der Waals surface area contributed by atoms with Crippen molar-refractivity contribution in [3.63, 3.8) is 0 Å². The van der Waals surface area contributed by atoms with Crippen molar-refractivity contribution in [3.05, 3.63) is 17.7 Å². The molecule has 4 heteroatoms. The Hall–Kier alpha value is -1.32. The van der Waals surface area contributed by atoms with Crippen molar-refractivity contribution in [2.24, 2.45) is 11.8 Å². The van der Waals surface area contributed by atoms with E-state index in [1.807, 2.05) is 11.1 Å². The van der Waals surface area contributed by atoms with Gasteiger partial charge in [-0.15, -0.1) is 0 Å². The summed E-state index contributed by atoms with van der Waals surface area (Å²) in [6, 6.07) is 0. The normalized spacial score (nSPS) is 23.7. The van der Waals surface area contributed by atoms with Gasteiger partial charge in [-0.3, -0.25) is 4.79 Å². The molecular formula is C16H25N3O. The van der Waals surface area contributed by atoms with Crippen LogP contribution in [0, 0.1) is 11.8 Å². The summed E-state index contributed by atoms with van der Waals surface area (Å²) in [5.74, 6) is 2.72. The van der Waals surface area contributed by atoms with E-state index in [2.05, 4.69) is 23.4 Å². The second kappa shape index (κ2) is 5.58. The molecule has 0 bridgehead atoms. The van der Waals surface area contributed by atoms with Gasteiger partial charge in [0.25, 0.3) is 5.91 Å². The van der Waals surface area contributed by atoms with Gasteiger partial charge in [-0.1, -0.05) is 20.3 Å². The summed E-state index contributed by atoms with van der Waals surface area (Å²) in [5, 5.41) is 0. The molecule has 0 aromatic carbocycles. The highest BCUT2D eigenvalue weighted by Gasteiger charge is 2.26. The Morgan fingerprint density at radius 1 is 1.35 bits per heavy atom. The molecule has 0 N–H and O–H groups in total. The maximum absolute atomic E-state index is 12.5. The third kappa shape index (κ3) is 2.60. The molecule has 110 valence electrons. The highest BCUT2D eigenvalue weighted by Crippen LogP contribution is 2.23. The van der Waals surface area contributed by atoms with E-state index in [9.17, 15) is 4.79 Å². The van der Waals surface area contributed by atoms with Gasteiger partial charge in [-0.25, -0.2) is 4.98 Å². The van der Waals surface area contributed by atoms with Crippen LogP contribution in [0.1, 0.15) is 55.8 Å². The molecule has 1 aromatic heterocycles. The molecule has 0 saturated carbocycles. The minimum absolute atomic E-state index is 0.133. The maximum Gasteiger partial charge on any atom is 0.274 e. The summed E-state index contributed by atoms with van der Waals surface area (Å²) in [6.07, 6.45) is 7.69. The molecule has 4 nitrogen and oxygen atoms in total. The zero-order valence-electron chi connectivity index (χ0n) is 12.6. The van der Waals surface area contributed by atoms with Gasteiger partial charge in [-0.05, 0) is 31.1 Å². The van der Waals surface area contributed by atoms with E-state index in [1.54, 1.807) is 0 Å². The molecule has 1 unspecified atom stereocenters. The number of likely N-dealkylation sites (tertiary alicyclic amines) is 1. The SMILES string of the molecule is CCC1CCN(C(=O)c2cn3c(n2)CCC(C)C3)CC1. The smallest absolute Gasteiger partial charge is 0.274 e. The summed E-state index contributed by atoms with van der Waals surface area (Å²) in [7, 11) is 0. The van der Waals surface area contributed by atoms with Gasteiger partial charge >= 0.3 is 0 Å². The van der Waals surface area contributed by atoms with Crippen LogP contribution in [0.2, 0.25) is 0 Å². The van der Waals surface area contributed by atoms with E-state index in [1.165, 1.54) is 12.8 Å². The first-order valence-electron chi connectivity index (χ1n) is 8.02. The molecule has 0 spiro atoms. The minimum Gasteiger partial charge on any atom is -0.337 e. The van der Waals surface area contributed by atoms with Crippen molar-refractivity contribution < 1.29 is 4.79 Å². The Balaban J connectivity index is 1.69.